The maximum Gasteiger partial charge on any atom is 0.338 e. The summed E-state index contributed by atoms with van der Waals surface area (Å²) < 4.78 is 13.8. The lowest BCUT2D eigenvalue weighted by Crippen LogP contribution is -2.14. The normalized spacial score (nSPS) is 10.2. The molecule has 0 heterocycles. The molecule has 2 aromatic carbocycles. The molecular weight excluding hydrogens is 343 g/mol. The van der Waals surface area contributed by atoms with Crippen molar-refractivity contribution in [1.29, 1.82) is 0 Å². The van der Waals surface area contributed by atoms with Crippen molar-refractivity contribution in [1.82, 2.24) is 0 Å². The predicted molar refractivity (Wildman–Crippen MR) is 79.9 cm³/mol. The van der Waals surface area contributed by atoms with E-state index in [9.17, 15) is 14.0 Å². The summed E-state index contributed by atoms with van der Waals surface area (Å²) in [6.45, 7) is 0. The molecule has 0 aliphatic carbocycles. The number of hydrogen-bond donors (Lipinski definition) is 3. The number of carbonyl (C=O) groups is 2. The molecule has 7 heteroatoms. The summed E-state index contributed by atoms with van der Waals surface area (Å²) in [7, 11) is 0. The Balaban J connectivity index is 2.29. The number of rotatable bonds is 3. The molecule has 4 N–H and O–H groups in total. The zero-order valence-corrected chi connectivity index (χ0v) is 12.1. The van der Waals surface area contributed by atoms with Crippen molar-refractivity contribution in [2.24, 2.45) is 0 Å². The molecule has 0 unspecified atom stereocenters. The van der Waals surface area contributed by atoms with Gasteiger partial charge in [0.1, 0.15) is 5.82 Å². The van der Waals surface area contributed by atoms with Gasteiger partial charge in [0.15, 0.2) is 0 Å². The topological polar surface area (TPSA) is 92.4 Å². The Morgan fingerprint density at radius 2 is 1.86 bits per heavy atom. The number of carbonyl (C=O) groups excluding carboxylic acids is 1. The van der Waals surface area contributed by atoms with Crippen molar-refractivity contribution in [3.8, 4) is 0 Å². The fourth-order valence-corrected chi connectivity index (χ4v) is 2.11. The van der Waals surface area contributed by atoms with Crippen LogP contribution in [0.4, 0.5) is 15.8 Å². The van der Waals surface area contributed by atoms with Crippen LogP contribution in [0.3, 0.4) is 0 Å². The van der Waals surface area contributed by atoms with Crippen molar-refractivity contribution < 1.29 is 19.1 Å². The van der Waals surface area contributed by atoms with E-state index in [1.54, 1.807) is 12.1 Å². The predicted octanol–water partition coefficient (Wildman–Crippen LogP) is 3.12. The van der Waals surface area contributed by atoms with Crippen LogP contribution < -0.4 is 11.1 Å². The maximum atomic E-state index is 13.3. The van der Waals surface area contributed by atoms with Crippen LogP contribution in [0.1, 0.15) is 20.7 Å². The van der Waals surface area contributed by atoms with Gasteiger partial charge in [0, 0.05) is 15.8 Å². The molecule has 108 valence electrons. The van der Waals surface area contributed by atoms with Crippen LogP contribution >= 0.6 is 15.9 Å². The van der Waals surface area contributed by atoms with Crippen LogP contribution in [0, 0.1) is 5.82 Å². The van der Waals surface area contributed by atoms with Crippen LogP contribution in [0.15, 0.2) is 40.9 Å². The monoisotopic (exact) mass is 352 g/mol. The van der Waals surface area contributed by atoms with E-state index in [1.807, 2.05) is 0 Å². The average molecular weight is 353 g/mol. The van der Waals surface area contributed by atoms with Crippen LogP contribution in [0.2, 0.25) is 0 Å². The number of nitrogens with one attached hydrogen (secondary N) is 1. The van der Waals surface area contributed by atoms with E-state index in [0.29, 0.717) is 10.2 Å². The molecule has 0 radical (unpaired) electrons. The Kier molecular flexibility index (Phi) is 4.23. The molecule has 5 nitrogen and oxygen atoms in total. The third-order valence-corrected chi connectivity index (χ3v) is 3.38. The molecule has 2 aromatic rings. The molecular formula is C14H10BrFN2O3. The molecule has 0 bridgehead atoms. The number of nitrogen functional groups attached to an aromatic ring is 1. The zero-order chi connectivity index (χ0) is 15.6. The first-order chi connectivity index (χ1) is 9.88. The first-order valence-electron chi connectivity index (χ1n) is 5.77. The van der Waals surface area contributed by atoms with Crippen LogP contribution in [0.25, 0.3) is 0 Å². The van der Waals surface area contributed by atoms with Crippen molar-refractivity contribution in [2.45, 2.75) is 0 Å². The maximum absolute atomic E-state index is 13.3. The number of aromatic carboxylic acids is 1. The number of carboxylic acids is 1. The van der Waals surface area contributed by atoms with Gasteiger partial charge in [-0.25, -0.2) is 9.18 Å². The second kappa shape index (κ2) is 5.92. The van der Waals surface area contributed by atoms with Gasteiger partial charge in [0.2, 0.25) is 0 Å². The van der Waals surface area contributed by atoms with Gasteiger partial charge >= 0.3 is 5.97 Å². The van der Waals surface area contributed by atoms with Crippen molar-refractivity contribution in [3.05, 3.63) is 57.8 Å². The minimum Gasteiger partial charge on any atom is -0.478 e. The Hall–Kier alpha value is -2.41. The van der Waals surface area contributed by atoms with E-state index < -0.39 is 23.3 Å². The fourth-order valence-electron chi connectivity index (χ4n) is 1.68. The number of benzene rings is 2. The Labute approximate surface area is 127 Å². The highest BCUT2D eigenvalue weighted by Gasteiger charge is 2.14. The highest BCUT2D eigenvalue weighted by molar-refractivity contribution is 9.10. The SMILES string of the molecule is Nc1ccc(Br)c(C(=O)Nc2ccc(F)c(C(=O)O)c2)c1. The minimum atomic E-state index is -1.41. The Morgan fingerprint density at radius 1 is 1.14 bits per heavy atom. The third kappa shape index (κ3) is 3.38. The van der Waals surface area contributed by atoms with E-state index in [2.05, 4.69) is 21.2 Å². The average Bonchev–Trinajstić information content (AvgIpc) is 2.43. The molecule has 0 aliphatic heterocycles. The first-order valence-corrected chi connectivity index (χ1v) is 6.57. The largest absolute Gasteiger partial charge is 0.478 e. The number of amides is 1. The van der Waals surface area contributed by atoms with Crippen LogP contribution in [0.5, 0.6) is 0 Å². The number of anilines is 2. The first kappa shape index (κ1) is 15.0. The van der Waals surface area contributed by atoms with E-state index in [-0.39, 0.29) is 11.3 Å². The summed E-state index contributed by atoms with van der Waals surface area (Å²) in [5.41, 5.74) is 5.97. The number of halogens is 2. The van der Waals surface area contributed by atoms with Crippen molar-refractivity contribution >= 4 is 39.2 Å². The summed E-state index contributed by atoms with van der Waals surface area (Å²) >= 11 is 3.22. The number of nitrogens with two attached hydrogens (primary N) is 1. The van der Waals surface area contributed by atoms with Crippen LogP contribution in [-0.2, 0) is 0 Å². The van der Waals surface area contributed by atoms with Gasteiger partial charge in [-0.2, -0.15) is 0 Å². The lowest BCUT2D eigenvalue weighted by Gasteiger charge is -2.08. The lowest BCUT2D eigenvalue weighted by molar-refractivity contribution is 0.0691. The Bertz CT molecular complexity index is 734. The standard InChI is InChI=1S/C14H10BrFN2O3/c15-11-3-1-7(17)5-9(11)13(19)18-8-2-4-12(16)10(6-8)14(20)21/h1-6H,17H2,(H,18,19)(H,20,21). The summed E-state index contributed by atoms with van der Waals surface area (Å²) in [4.78, 5) is 23.0. The van der Waals surface area contributed by atoms with Gasteiger partial charge in [-0.15, -0.1) is 0 Å². The second-order valence-corrected chi connectivity index (χ2v) is 5.05. The summed E-state index contributed by atoms with van der Waals surface area (Å²) in [6.07, 6.45) is 0. The second-order valence-electron chi connectivity index (χ2n) is 4.19. The molecule has 21 heavy (non-hydrogen) atoms. The smallest absolute Gasteiger partial charge is 0.338 e. The van der Waals surface area contributed by atoms with Gasteiger partial charge < -0.3 is 16.2 Å². The van der Waals surface area contributed by atoms with Gasteiger partial charge in [-0.1, -0.05) is 0 Å². The van der Waals surface area contributed by atoms with Crippen LogP contribution in [-0.4, -0.2) is 17.0 Å². The van der Waals surface area contributed by atoms with Gasteiger partial charge in [0.05, 0.1) is 11.1 Å². The highest BCUT2D eigenvalue weighted by atomic mass is 79.9. The van der Waals surface area contributed by atoms with E-state index in [1.165, 1.54) is 12.1 Å². The van der Waals surface area contributed by atoms with Crippen molar-refractivity contribution in [3.63, 3.8) is 0 Å². The fraction of sp³-hybridized carbons (Fsp3) is 0. The summed E-state index contributed by atoms with van der Waals surface area (Å²) in [6, 6.07) is 8.03. The number of carboxylic acid groups (broad SMARTS) is 1. The molecule has 0 aliphatic rings. The quantitative estimate of drug-likeness (QED) is 0.740. The molecule has 0 saturated heterocycles. The van der Waals surface area contributed by atoms with E-state index in [4.69, 9.17) is 10.8 Å². The zero-order valence-electron chi connectivity index (χ0n) is 10.6. The molecule has 2 rings (SSSR count). The van der Waals surface area contributed by atoms with E-state index in [0.717, 1.165) is 12.1 Å². The Morgan fingerprint density at radius 3 is 2.52 bits per heavy atom. The highest BCUT2D eigenvalue weighted by Crippen LogP contribution is 2.22. The van der Waals surface area contributed by atoms with Gasteiger partial charge in [-0.05, 0) is 52.3 Å². The lowest BCUT2D eigenvalue weighted by atomic mass is 10.1. The minimum absolute atomic E-state index is 0.174. The molecule has 0 fully saturated rings. The van der Waals surface area contributed by atoms with E-state index >= 15 is 0 Å². The molecule has 1 amide bonds. The van der Waals surface area contributed by atoms with Gasteiger partial charge in [-0.3, -0.25) is 4.79 Å². The third-order valence-electron chi connectivity index (χ3n) is 2.69. The molecule has 0 saturated carbocycles. The summed E-state index contributed by atoms with van der Waals surface area (Å²) in [5.74, 6) is -2.77. The molecule has 0 atom stereocenters. The van der Waals surface area contributed by atoms with Crippen molar-refractivity contribution in [2.75, 3.05) is 11.1 Å². The molecule has 0 aromatic heterocycles. The van der Waals surface area contributed by atoms with Gasteiger partial charge in [0.25, 0.3) is 5.91 Å². The molecule has 0 spiro atoms. The summed E-state index contributed by atoms with van der Waals surface area (Å²) in [5, 5.41) is 11.3. The number of hydrogen-bond acceptors (Lipinski definition) is 3.